The number of amides is 2. The normalized spacial score (nSPS) is 27.4. The Kier molecular flexibility index (Phi) is 7.73. The highest BCUT2D eigenvalue weighted by molar-refractivity contribution is 5.80. The topological polar surface area (TPSA) is 120 Å². The predicted molar refractivity (Wildman–Crippen MR) is 116 cm³/mol. The first-order chi connectivity index (χ1) is 16.7. The molecule has 10 nitrogen and oxygen atoms in total. The van der Waals surface area contributed by atoms with E-state index in [9.17, 15) is 22.8 Å². The van der Waals surface area contributed by atoms with Gasteiger partial charge in [0.15, 0.2) is 5.92 Å². The van der Waals surface area contributed by atoms with Crippen LogP contribution < -0.4 is 15.8 Å². The van der Waals surface area contributed by atoms with Crippen molar-refractivity contribution in [3.63, 3.8) is 0 Å². The van der Waals surface area contributed by atoms with E-state index in [4.69, 9.17) is 14.7 Å². The second kappa shape index (κ2) is 10.8. The number of hydrogen-bond acceptors (Lipinski definition) is 8. The lowest BCUT2D eigenvalue weighted by Gasteiger charge is -2.35. The van der Waals surface area contributed by atoms with Crippen LogP contribution in [0.4, 0.5) is 19.0 Å². The molecule has 0 aliphatic carbocycles. The number of nitrogens with one attached hydrogen (secondary N) is 2. The molecule has 2 amide bonds. The monoisotopic (exact) mass is 496 g/mol. The maximum absolute atomic E-state index is 13.2. The minimum absolute atomic E-state index is 0.0331. The van der Waals surface area contributed by atoms with Crippen LogP contribution in [0.1, 0.15) is 24.8 Å². The van der Waals surface area contributed by atoms with Crippen molar-refractivity contribution in [3.8, 4) is 6.07 Å². The molecular formula is C22H27F3N6O4. The molecule has 2 N–H and O–H groups in total. The minimum Gasteiger partial charge on any atom is -0.373 e. The summed E-state index contributed by atoms with van der Waals surface area (Å²) >= 11 is 0. The van der Waals surface area contributed by atoms with Crippen LogP contribution in [0.5, 0.6) is 0 Å². The Morgan fingerprint density at radius 3 is 2.63 bits per heavy atom. The fourth-order valence-corrected chi connectivity index (χ4v) is 4.55. The number of hydrogen-bond donors (Lipinski definition) is 2. The van der Waals surface area contributed by atoms with E-state index < -0.39 is 30.2 Å². The van der Waals surface area contributed by atoms with Crippen LogP contribution in [0, 0.1) is 17.2 Å². The molecule has 3 fully saturated rings. The lowest BCUT2D eigenvalue weighted by molar-refractivity contribution is -0.215. The number of pyridine rings is 1. The molecule has 190 valence electrons. The van der Waals surface area contributed by atoms with Gasteiger partial charge in [-0.05, 0) is 25.0 Å². The Morgan fingerprint density at radius 2 is 1.97 bits per heavy atom. The van der Waals surface area contributed by atoms with Gasteiger partial charge in [0.25, 0.3) is 0 Å². The number of anilines is 1. The van der Waals surface area contributed by atoms with Crippen LogP contribution >= 0.6 is 0 Å². The zero-order valence-electron chi connectivity index (χ0n) is 19.0. The summed E-state index contributed by atoms with van der Waals surface area (Å²) in [4.78, 5) is 32.5. The highest BCUT2D eigenvalue weighted by Crippen LogP contribution is 2.32. The van der Waals surface area contributed by atoms with Gasteiger partial charge in [0.2, 0.25) is 11.8 Å². The molecule has 3 aliphatic rings. The number of halogens is 3. The van der Waals surface area contributed by atoms with Gasteiger partial charge in [0.1, 0.15) is 11.9 Å². The van der Waals surface area contributed by atoms with Crippen LogP contribution in [0.2, 0.25) is 0 Å². The van der Waals surface area contributed by atoms with Crippen molar-refractivity contribution in [2.75, 3.05) is 44.2 Å². The summed E-state index contributed by atoms with van der Waals surface area (Å²) < 4.78 is 50.9. The lowest BCUT2D eigenvalue weighted by Crippen LogP contribution is -2.60. The van der Waals surface area contributed by atoms with Crippen LogP contribution in [-0.2, 0) is 19.1 Å². The molecule has 1 aromatic heterocycles. The van der Waals surface area contributed by atoms with Gasteiger partial charge in [-0.3, -0.25) is 15.0 Å². The van der Waals surface area contributed by atoms with Crippen molar-refractivity contribution in [2.45, 2.75) is 43.8 Å². The summed E-state index contributed by atoms with van der Waals surface area (Å²) in [6, 6.07) is 5.53. The molecule has 1 aromatic rings. The Hall–Kier alpha value is -2.95. The average Bonchev–Trinajstić information content (AvgIpc) is 3.29. The maximum atomic E-state index is 13.2. The van der Waals surface area contributed by atoms with E-state index in [0.29, 0.717) is 44.6 Å². The molecule has 4 rings (SSSR count). The van der Waals surface area contributed by atoms with Crippen LogP contribution in [-0.4, -0.2) is 85.5 Å². The molecule has 0 radical (unpaired) electrons. The Morgan fingerprint density at radius 1 is 1.23 bits per heavy atom. The van der Waals surface area contributed by atoms with Crippen molar-refractivity contribution in [2.24, 2.45) is 5.92 Å². The van der Waals surface area contributed by atoms with Gasteiger partial charge in [-0.1, -0.05) is 0 Å². The third kappa shape index (κ3) is 6.19. The number of rotatable bonds is 6. The predicted octanol–water partition coefficient (Wildman–Crippen LogP) is 0.738. The standard InChI is InChI=1S/C22H27F3N6O4/c23-22(24,25)20-17(12-28-29-21(20)33)34-13-16-3-2-15(35-16)9-19(32)31-7-5-30(6-8-31)18-4-1-14(10-26)11-27-18/h1,4,11,15-17,20,28H,2-3,5-9,12-13H2,(H,29,33)/t15-,16-,17?,20?/m0/s1. The summed E-state index contributed by atoms with van der Waals surface area (Å²) in [6.45, 7) is 2.08. The molecule has 35 heavy (non-hydrogen) atoms. The van der Waals surface area contributed by atoms with Crippen molar-refractivity contribution in [1.29, 1.82) is 5.26 Å². The third-order valence-electron chi connectivity index (χ3n) is 6.45. The van der Waals surface area contributed by atoms with Gasteiger partial charge in [0.05, 0.1) is 36.9 Å². The number of ether oxygens (including phenoxy) is 2. The van der Waals surface area contributed by atoms with Crippen molar-refractivity contribution in [3.05, 3.63) is 23.9 Å². The maximum Gasteiger partial charge on any atom is 0.403 e. The number of carbonyl (C=O) groups excluding carboxylic acids is 2. The molecule has 4 atom stereocenters. The number of aromatic nitrogens is 1. The molecule has 13 heteroatoms. The smallest absolute Gasteiger partial charge is 0.373 e. The molecule has 0 bridgehead atoms. The zero-order valence-corrected chi connectivity index (χ0v) is 19.0. The fraction of sp³-hybridized carbons (Fsp3) is 0.636. The van der Waals surface area contributed by atoms with Gasteiger partial charge in [-0.2, -0.15) is 18.4 Å². The molecule has 0 spiro atoms. The summed E-state index contributed by atoms with van der Waals surface area (Å²) in [7, 11) is 0. The van der Waals surface area contributed by atoms with Crippen LogP contribution in [0.25, 0.3) is 0 Å². The molecule has 2 unspecified atom stereocenters. The Labute approximate surface area is 200 Å². The summed E-state index contributed by atoms with van der Waals surface area (Å²) in [6.07, 6.45) is -3.89. The number of piperazine rings is 1. The average molecular weight is 496 g/mol. The van der Waals surface area contributed by atoms with Gasteiger partial charge >= 0.3 is 6.18 Å². The molecule has 3 saturated heterocycles. The van der Waals surface area contributed by atoms with Crippen molar-refractivity contribution < 1.29 is 32.2 Å². The quantitative estimate of drug-likeness (QED) is 0.592. The van der Waals surface area contributed by atoms with Crippen molar-refractivity contribution >= 4 is 17.6 Å². The van der Waals surface area contributed by atoms with E-state index in [0.717, 1.165) is 5.82 Å². The minimum atomic E-state index is -4.71. The summed E-state index contributed by atoms with van der Waals surface area (Å²) in [5, 5.41) is 8.88. The lowest BCUT2D eigenvalue weighted by atomic mass is 9.99. The van der Waals surface area contributed by atoms with Gasteiger partial charge < -0.3 is 19.3 Å². The molecular weight excluding hydrogens is 469 g/mol. The second-order valence-electron chi connectivity index (χ2n) is 8.81. The highest BCUT2D eigenvalue weighted by Gasteiger charge is 2.52. The molecule has 4 heterocycles. The Bertz CT molecular complexity index is 946. The fourth-order valence-electron chi connectivity index (χ4n) is 4.55. The summed E-state index contributed by atoms with van der Waals surface area (Å²) in [5.41, 5.74) is 4.90. The molecule has 0 aromatic carbocycles. The SMILES string of the molecule is N#Cc1ccc(N2CCN(C(=O)C[C@@H]3CC[C@@H](COC4CNNC(=O)C4C(F)(F)F)O3)CC2)nc1. The van der Waals surface area contributed by atoms with E-state index in [1.807, 2.05) is 11.5 Å². The van der Waals surface area contributed by atoms with Crippen molar-refractivity contribution in [1.82, 2.24) is 20.7 Å². The van der Waals surface area contributed by atoms with Gasteiger partial charge in [0, 0.05) is 38.9 Å². The second-order valence-corrected chi connectivity index (χ2v) is 8.81. The van der Waals surface area contributed by atoms with E-state index in [1.54, 1.807) is 17.0 Å². The third-order valence-corrected chi connectivity index (χ3v) is 6.45. The van der Waals surface area contributed by atoms with E-state index >= 15 is 0 Å². The number of nitrogens with zero attached hydrogens (tertiary/aromatic N) is 4. The molecule has 0 saturated carbocycles. The van der Waals surface area contributed by atoms with E-state index in [-0.39, 0.29) is 31.6 Å². The number of alkyl halides is 3. The number of nitriles is 1. The van der Waals surface area contributed by atoms with Gasteiger partial charge in [-0.25, -0.2) is 10.4 Å². The van der Waals surface area contributed by atoms with Gasteiger partial charge in [-0.15, -0.1) is 0 Å². The van der Waals surface area contributed by atoms with E-state index in [2.05, 4.69) is 15.3 Å². The molecule has 3 aliphatic heterocycles. The largest absolute Gasteiger partial charge is 0.403 e. The first kappa shape index (κ1) is 25.2. The first-order valence-electron chi connectivity index (χ1n) is 11.5. The number of hydrazine groups is 1. The zero-order chi connectivity index (χ0) is 25.0. The summed E-state index contributed by atoms with van der Waals surface area (Å²) in [5.74, 6) is -2.67. The van der Waals surface area contributed by atoms with E-state index in [1.165, 1.54) is 6.20 Å². The Balaban J connectivity index is 1.19. The first-order valence-corrected chi connectivity index (χ1v) is 11.5. The van der Waals surface area contributed by atoms with Crippen LogP contribution in [0.15, 0.2) is 18.3 Å². The van der Waals surface area contributed by atoms with Crippen LogP contribution in [0.3, 0.4) is 0 Å². The highest BCUT2D eigenvalue weighted by atomic mass is 19.4. The number of carbonyl (C=O) groups is 2.